The maximum atomic E-state index is 6.43. The van der Waals surface area contributed by atoms with Crippen molar-refractivity contribution < 1.29 is 4.74 Å². The Morgan fingerprint density at radius 3 is 2.26 bits per heavy atom. The summed E-state index contributed by atoms with van der Waals surface area (Å²) in [4.78, 5) is 4.64. The lowest BCUT2D eigenvalue weighted by Crippen LogP contribution is -2.37. The second-order valence-corrected chi connectivity index (χ2v) is 11.7. The molecule has 2 aromatic heterocycles. The third-order valence-electron chi connectivity index (χ3n) is 7.77. The molecule has 6 heteroatoms. The summed E-state index contributed by atoms with van der Waals surface area (Å²) < 4.78 is 8.63. The minimum atomic E-state index is 0.124. The molecular weight excluding hydrogens is 518 g/mol. The van der Waals surface area contributed by atoms with Crippen LogP contribution in [0.3, 0.4) is 0 Å². The number of hydrogen-bond donors (Lipinski definition) is 1. The van der Waals surface area contributed by atoms with Gasteiger partial charge in [0.15, 0.2) is 0 Å². The minimum absolute atomic E-state index is 0.124. The van der Waals surface area contributed by atoms with Crippen LogP contribution in [0.2, 0.25) is 0 Å². The Morgan fingerprint density at radius 1 is 0.714 bits per heavy atom. The standard InChI is InChI=1S/C36H33N5O/c1-36(2,3)26-17-15-25(16-18-26)34-24-40(38-39(34)4)27-10-9-11-28(22-27)42-29-19-20-31-30-12-5-6-13-32(30)41(33(31)23-29)35-14-7-8-21-37-35/h5-24,38H,1-4H3. The number of ether oxygens (including phenoxy) is 1. The molecule has 1 aliphatic heterocycles. The minimum Gasteiger partial charge on any atom is -0.457 e. The first-order valence-corrected chi connectivity index (χ1v) is 14.2. The van der Waals surface area contributed by atoms with Gasteiger partial charge in [-0.15, -0.1) is 5.53 Å². The van der Waals surface area contributed by atoms with E-state index in [4.69, 9.17) is 4.74 Å². The number of para-hydroxylation sites is 1. The summed E-state index contributed by atoms with van der Waals surface area (Å²) in [6, 6.07) is 37.6. The van der Waals surface area contributed by atoms with Crippen LogP contribution in [-0.2, 0) is 5.41 Å². The van der Waals surface area contributed by atoms with E-state index < -0.39 is 0 Å². The first kappa shape index (κ1) is 25.9. The molecule has 0 saturated heterocycles. The molecule has 0 fully saturated rings. The average molecular weight is 552 g/mol. The normalized spacial score (nSPS) is 13.7. The number of nitrogens with zero attached hydrogens (tertiary/aromatic N) is 4. The highest BCUT2D eigenvalue weighted by Gasteiger charge is 2.21. The molecule has 0 atom stereocenters. The van der Waals surface area contributed by atoms with Crippen LogP contribution < -0.4 is 15.3 Å². The molecule has 1 N–H and O–H groups in total. The zero-order valence-electron chi connectivity index (χ0n) is 24.2. The van der Waals surface area contributed by atoms with Crippen molar-refractivity contribution in [3.8, 4) is 17.3 Å². The fourth-order valence-electron chi connectivity index (χ4n) is 5.57. The second kappa shape index (κ2) is 10.1. The highest BCUT2D eigenvalue weighted by molar-refractivity contribution is 6.09. The summed E-state index contributed by atoms with van der Waals surface area (Å²) in [5.41, 5.74) is 10.3. The van der Waals surface area contributed by atoms with Gasteiger partial charge in [-0.25, -0.2) is 4.98 Å². The van der Waals surface area contributed by atoms with Gasteiger partial charge in [-0.05, 0) is 53.4 Å². The Labute approximate surface area is 246 Å². The van der Waals surface area contributed by atoms with E-state index in [0.717, 1.165) is 50.7 Å². The van der Waals surface area contributed by atoms with Gasteiger partial charge in [-0.2, -0.15) is 0 Å². The van der Waals surface area contributed by atoms with Crippen molar-refractivity contribution in [3.63, 3.8) is 0 Å². The first-order chi connectivity index (χ1) is 20.3. The molecule has 0 saturated carbocycles. The van der Waals surface area contributed by atoms with Crippen LogP contribution in [0.1, 0.15) is 31.9 Å². The van der Waals surface area contributed by atoms with E-state index in [0.29, 0.717) is 0 Å². The van der Waals surface area contributed by atoms with Crippen molar-refractivity contribution >= 4 is 33.2 Å². The number of nitrogens with one attached hydrogen (secondary N) is 1. The Balaban J connectivity index is 1.19. The molecule has 1 aliphatic rings. The van der Waals surface area contributed by atoms with E-state index in [9.17, 15) is 0 Å². The summed E-state index contributed by atoms with van der Waals surface area (Å²) in [6.45, 7) is 6.71. The van der Waals surface area contributed by atoms with E-state index >= 15 is 0 Å². The van der Waals surface area contributed by atoms with Crippen LogP contribution >= 0.6 is 0 Å². The lowest BCUT2D eigenvalue weighted by Gasteiger charge is -2.22. The number of hydrazine groups is 2. The summed E-state index contributed by atoms with van der Waals surface area (Å²) >= 11 is 0. The van der Waals surface area contributed by atoms with E-state index in [2.05, 4.69) is 109 Å². The van der Waals surface area contributed by atoms with E-state index in [1.165, 1.54) is 10.9 Å². The number of pyridine rings is 1. The van der Waals surface area contributed by atoms with Crippen LogP contribution in [0.25, 0.3) is 33.3 Å². The highest BCUT2D eigenvalue weighted by Crippen LogP contribution is 2.36. The molecule has 0 bridgehead atoms. The zero-order chi connectivity index (χ0) is 28.8. The molecule has 208 valence electrons. The van der Waals surface area contributed by atoms with Gasteiger partial charge in [-0.1, -0.05) is 75.4 Å². The van der Waals surface area contributed by atoms with Gasteiger partial charge in [0.2, 0.25) is 0 Å². The monoisotopic (exact) mass is 551 g/mol. The van der Waals surface area contributed by atoms with Crippen molar-refractivity contribution in [2.24, 2.45) is 0 Å². The van der Waals surface area contributed by atoms with Gasteiger partial charge in [-0.3, -0.25) is 14.6 Å². The second-order valence-electron chi connectivity index (χ2n) is 11.7. The lowest BCUT2D eigenvalue weighted by molar-refractivity contribution is 0.375. The predicted octanol–water partition coefficient (Wildman–Crippen LogP) is 8.44. The maximum Gasteiger partial charge on any atom is 0.137 e. The van der Waals surface area contributed by atoms with Crippen molar-refractivity contribution in [2.75, 3.05) is 12.1 Å². The Morgan fingerprint density at radius 2 is 1.48 bits per heavy atom. The molecule has 0 amide bonds. The molecular formula is C36H33N5O. The molecule has 0 unspecified atom stereocenters. The quantitative estimate of drug-likeness (QED) is 0.233. The Kier molecular flexibility index (Phi) is 6.21. The molecule has 6 aromatic rings. The van der Waals surface area contributed by atoms with Crippen molar-refractivity contribution in [3.05, 3.63) is 133 Å². The van der Waals surface area contributed by atoms with Crippen LogP contribution in [0.15, 0.2) is 122 Å². The number of aromatic nitrogens is 2. The molecule has 0 radical (unpaired) electrons. The fourth-order valence-corrected chi connectivity index (χ4v) is 5.57. The number of hydrogen-bond acceptors (Lipinski definition) is 5. The summed E-state index contributed by atoms with van der Waals surface area (Å²) in [5.74, 6) is 2.40. The Hall–Kier alpha value is -5.07. The third-order valence-corrected chi connectivity index (χ3v) is 7.77. The van der Waals surface area contributed by atoms with Crippen molar-refractivity contribution in [2.45, 2.75) is 26.2 Å². The number of anilines is 1. The average Bonchev–Trinajstić information content (AvgIpc) is 3.55. The van der Waals surface area contributed by atoms with Gasteiger partial charge in [0.05, 0.1) is 22.4 Å². The number of benzene rings is 4. The van der Waals surface area contributed by atoms with Crippen molar-refractivity contribution in [1.29, 1.82) is 0 Å². The van der Waals surface area contributed by atoms with E-state index in [-0.39, 0.29) is 5.41 Å². The van der Waals surface area contributed by atoms with E-state index in [1.54, 1.807) is 0 Å². The van der Waals surface area contributed by atoms with Gasteiger partial charge in [0.1, 0.15) is 17.3 Å². The lowest BCUT2D eigenvalue weighted by atomic mass is 9.86. The molecule has 0 spiro atoms. The summed E-state index contributed by atoms with van der Waals surface area (Å²) in [7, 11) is 2.03. The molecule has 6 nitrogen and oxygen atoms in total. The smallest absolute Gasteiger partial charge is 0.137 e. The van der Waals surface area contributed by atoms with Crippen LogP contribution in [0.4, 0.5) is 5.69 Å². The maximum absolute atomic E-state index is 6.43. The number of rotatable bonds is 5. The van der Waals surface area contributed by atoms with Crippen LogP contribution in [0.5, 0.6) is 11.5 Å². The van der Waals surface area contributed by atoms with Gasteiger partial charge in [0, 0.05) is 47.9 Å². The van der Waals surface area contributed by atoms with E-state index in [1.807, 2.05) is 65.7 Å². The molecule has 4 aromatic carbocycles. The largest absolute Gasteiger partial charge is 0.457 e. The van der Waals surface area contributed by atoms with Gasteiger partial charge in [0.25, 0.3) is 0 Å². The molecule has 42 heavy (non-hydrogen) atoms. The SMILES string of the molecule is CN1NN(c2cccc(Oc3ccc4c5ccccc5n(-c5ccccn5)c4c3)c2)C=C1c1ccc(C(C)(C)C)cc1. The predicted molar refractivity (Wildman–Crippen MR) is 172 cm³/mol. The molecule has 7 rings (SSSR count). The first-order valence-electron chi connectivity index (χ1n) is 14.2. The molecule has 3 heterocycles. The third kappa shape index (κ3) is 4.66. The summed E-state index contributed by atoms with van der Waals surface area (Å²) in [5, 5.41) is 6.40. The van der Waals surface area contributed by atoms with Gasteiger partial charge < -0.3 is 4.74 Å². The molecule has 0 aliphatic carbocycles. The summed E-state index contributed by atoms with van der Waals surface area (Å²) in [6.07, 6.45) is 3.94. The van der Waals surface area contributed by atoms with Gasteiger partial charge >= 0.3 is 0 Å². The van der Waals surface area contributed by atoms with Crippen LogP contribution in [0, 0.1) is 0 Å². The van der Waals surface area contributed by atoms with Crippen LogP contribution in [-0.4, -0.2) is 21.6 Å². The Bertz CT molecular complexity index is 1930. The highest BCUT2D eigenvalue weighted by atomic mass is 16.5. The fraction of sp³-hybridized carbons (Fsp3) is 0.139. The number of fused-ring (bicyclic) bond motifs is 3. The topological polar surface area (TPSA) is 45.6 Å². The van der Waals surface area contributed by atoms with Crippen molar-refractivity contribution in [1.82, 2.24) is 20.1 Å². The zero-order valence-corrected chi connectivity index (χ0v) is 24.2.